The van der Waals surface area contributed by atoms with Gasteiger partial charge in [0.25, 0.3) is 11.2 Å². The third-order valence-electron chi connectivity index (χ3n) is 4.56. The topological polar surface area (TPSA) is 96.4 Å². The van der Waals surface area contributed by atoms with E-state index in [2.05, 4.69) is 0 Å². The van der Waals surface area contributed by atoms with Crippen LogP contribution >= 0.6 is 0 Å². The first-order chi connectivity index (χ1) is 14.1. The average Bonchev–Trinajstić information content (AvgIpc) is 2.70. The van der Waals surface area contributed by atoms with Crippen LogP contribution in [-0.4, -0.2) is 27.8 Å². The van der Waals surface area contributed by atoms with Gasteiger partial charge in [0, 0.05) is 19.2 Å². The van der Waals surface area contributed by atoms with Gasteiger partial charge in [-0.1, -0.05) is 12.1 Å². The van der Waals surface area contributed by atoms with Gasteiger partial charge in [-0.2, -0.15) is 13.2 Å². The molecule has 0 aliphatic rings. The minimum atomic E-state index is -4.49. The predicted octanol–water partition coefficient (Wildman–Crippen LogP) is 2.78. The zero-order chi connectivity index (χ0) is 22.1. The summed E-state index contributed by atoms with van der Waals surface area (Å²) in [4.78, 5) is 36.1. The second-order valence-electron chi connectivity index (χ2n) is 6.47. The lowest BCUT2D eigenvalue weighted by atomic mass is 10.1. The third kappa shape index (κ3) is 4.10. The normalized spacial score (nSPS) is 11.7. The Morgan fingerprint density at radius 2 is 1.73 bits per heavy atom. The fraction of sp³-hybridized carbons (Fsp3) is 0.263. The van der Waals surface area contributed by atoms with E-state index in [0.29, 0.717) is 5.56 Å². The molecule has 158 valence electrons. The molecule has 0 saturated heterocycles. The van der Waals surface area contributed by atoms with E-state index < -0.39 is 27.9 Å². The molecule has 2 aromatic carbocycles. The van der Waals surface area contributed by atoms with Crippen LogP contribution in [0.1, 0.15) is 11.1 Å². The van der Waals surface area contributed by atoms with Crippen molar-refractivity contribution in [2.45, 2.75) is 19.3 Å². The van der Waals surface area contributed by atoms with Crippen molar-refractivity contribution in [3.8, 4) is 0 Å². The Balaban J connectivity index is 2.18. The maximum Gasteiger partial charge on any atom is 0.416 e. The quantitative estimate of drug-likeness (QED) is 0.449. The van der Waals surface area contributed by atoms with Crippen molar-refractivity contribution in [2.24, 2.45) is 0 Å². The van der Waals surface area contributed by atoms with Crippen molar-refractivity contribution < 1.29 is 22.8 Å². The van der Waals surface area contributed by atoms with Crippen LogP contribution in [0.15, 0.2) is 52.1 Å². The molecule has 0 saturated carbocycles. The highest BCUT2D eigenvalue weighted by atomic mass is 19.4. The van der Waals surface area contributed by atoms with E-state index in [4.69, 9.17) is 4.74 Å². The van der Waals surface area contributed by atoms with Crippen LogP contribution in [0.3, 0.4) is 0 Å². The maximum atomic E-state index is 12.9. The lowest BCUT2D eigenvalue weighted by Gasteiger charge is -2.14. The number of benzene rings is 2. The average molecular weight is 423 g/mol. The molecule has 0 fully saturated rings. The Hall–Kier alpha value is -3.47. The molecule has 3 aromatic rings. The molecule has 0 radical (unpaired) electrons. The molecule has 0 unspecified atom stereocenters. The van der Waals surface area contributed by atoms with E-state index >= 15 is 0 Å². The SMILES string of the molecule is COCCn1c(=O)c2cc([N+](=O)[O-])ccc2n(Cc2ccc(C(F)(F)F)cc2)c1=O. The van der Waals surface area contributed by atoms with Crippen LogP contribution in [0.5, 0.6) is 0 Å². The summed E-state index contributed by atoms with van der Waals surface area (Å²) in [5.41, 5.74) is -2.02. The van der Waals surface area contributed by atoms with Crippen LogP contribution in [0.25, 0.3) is 10.9 Å². The molecule has 11 heteroatoms. The number of nitrogens with zero attached hydrogens (tertiary/aromatic N) is 3. The highest BCUT2D eigenvalue weighted by Crippen LogP contribution is 2.29. The van der Waals surface area contributed by atoms with Crippen molar-refractivity contribution in [3.05, 3.63) is 84.5 Å². The van der Waals surface area contributed by atoms with E-state index in [1.807, 2.05) is 0 Å². The minimum Gasteiger partial charge on any atom is -0.383 e. The zero-order valence-corrected chi connectivity index (χ0v) is 15.7. The van der Waals surface area contributed by atoms with Gasteiger partial charge in [-0.3, -0.25) is 24.0 Å². The fourth-order valence-corrected chi connectivity index (χ4v) is 3.04. The number of ether oxygens (including phenoxy) is 1. The summed E-state index contributed by atoms with van der Waals surface area (Å²) >= 11 is 0. The Labute approximate surface area is 166 Å². The molecule has 1 aromatic heterocycles. The first-order valence-electron chi connectivity index (χ1n) is 8.70. The molecule has 0 atom stereocenters. The van der Waals surface area contributed by atoms with E-state index in [1.54, 1.807) is 0 Å². The number of hydrogen-bond donors (Lipinski definition) is 0. The second kappa shape index (κ2) is 8.11. The highest BCUT2D eigenvalue weighted by Gasteiger charge is 2.30. The zero-order valence-electron chi connectivity index (χ0n) is 15.7. The summed E-state index contributed by atoms with van der Waals surface area (Å²) in [7, 11) is 1.39. The van der Waals surface area contributed by atoms with E-state index in [1.165, 1.54) is 29.9 Å². The lowest BCUT2D eigenvalue weighted by molar-refractivity contribution is -0.384. The highest BCUT2D eigenvalue weighted by molar-refractivity contribution is 5.80. The number of nitro benzene ring substituents is 1. The first kappa shape index (κ1) is 21.2. The number of nitro groups is 1. The van der Waals surface area contributed by atoms with Gasteiger partial charge in [0.05, 0.1) is 41.1 Å². The standard InChI is InChI=1S/C19H16F3N3O5/c1-30-9-8-23-17(26)15-10-14(25(28)29)6-7-16(15)24(18(23)27)11-12-2-4-13(5-3-12)19(20,21)22/h2-7,10H,8-9,11H2,1H3. The van der Waals surface area contributed by atoms with Gasteiger partial charge in [0.2, 0.25) is 0 Å². The fourth-order valence-electron chi connectivity index (χ4n) is 3.04. The minimum absolute atomic E-state index is 0.0492. The van der Waals surface area contributed by atoms with Gasteiger partial charge >= 0.3 is 11.9 Å². The van der Waals surface area contributed by atoms with E-state index in [0.717, 1.165) is 28.8 Å². The number of fused-ring (bicyclic) bond motifs is 1. The largest absolute Gasteiger partial charge is 0.416 e. The number of aromatic nitrogens is 2. The Morgan fingerprint density at radius 3 is 2.30 bits per heavy atom. The van der Waals surface area contributed by atoms with Gasteiger partial charge in [0.15, 0.2) is 0 Å². The van der Waals surface area contributed by atoms with Crippen molar-refractivity contribution in [1.29, 1.82) is 0 Å². The van der Waals surface area contributed by atoms with Gasteiger partial charge in [0.1, 0.15) is 0 Å². The maximum absolute atomic E-state index is 12.9. The molecule has 1 heterocycles. The molecule has 0 spiro atoms. The van der Waals surface area contributed by atoms with Crippen LogP contribution < -0.4 is 11.2 Å². The molecule has 0 aliphatic carbocycles. The van der Waals surface area contributed by atoms with Gasteiger partial charge < -0.3 is 4.74 Å². The summed E-state index contributed by atoms with van der Waals surface area (Å²) in [6, 6.07) is 7.77. The first-order valence-corrected chi connectivity index (χ1v) is 8.70. The number of rotatable bonds is 6. The van der Waals surface area contributed by atoms with Crippen LogP contribution in [0.2, 0.25) is 0 Å². The lowest BCUT2D eigenvalue weighted by Crippen LogP contribution is -2.41. The molecule has 8 nitrogen and oxygen atoms in total. The summed E-state index contributed by atoms with van der Waals surface area (Å²) in [5.74, 6) is 0. The summed E-state index contributed by atoms with van der Waals surface area (Å²) in [5, 5.41) is 11.0. The molecule has 0 N–H and O–H groups in total. The smallest absolute Gasteiger partial charge is 0.383 e. The molecule has 0 amide bonds. The predicted molar refractivity (Wildman–Crippen MR) is 102 cm³/mol. The van der Waals surface area contributed by atoms with Crippen LogP contribution in [0, 0.1) is 10.1 Å². The molecule has 3 rings (SSSR count). The molecule has 0 aliphatic heterocycles. The van der Waals surface area contributed by atoms with Crippen LogP contribution in [0.4, 0.5) is 18.9 Å². The number of alkyl halides is 3. The summed E-state index contributed by atoms with van der Waals surface area (Å²) in [6.45, 7) is -0.159. The van der Waals surface area contributed by atoms with Gasteiger partial charge in [-0.05, 0) is 23.8 Å². The number of halogens is 3. The Morgan fingerprint density at radius 1 is 1.07 bits per heavy atom. The monoisotopic (exact) mass is 423 g/mol. The van der Waals surface area contributed by atoms with Crippen molar-refractivity contribution in [2.75, 3.05) is 13.7 Å². The Kier molecular flexibility index (Phi) is 5.74. The van der Waals surface area contributed by atoms with E-state index in [9.17, 15) is 32.9 Å². The van der Waals surface area contributed by atoms with Crippen LogP contribution in [-0.2, 0) is 24.0 Å². The Bertz CT molecular complexity index is 1210. The molecule has 30 heavy (non-hydrogen) atoms. The van der Waals surface area contributed by atoms with Crippen molar-refractivity contribution >= 4 is 16.6 Å². The second-order valence-corrected chi connectivity index (χ2v) is 6.47. The van der Waals surface area contributed by atoms with Crippen molar-refractivity contribution in [3.63, 3.8) is 0 Å². The number of hydrogen-bond acceptors (Lipinski definition) is 5. The number of non-ortho nitro benzene ring substituents is 1. The summed E-state index contributed by atoms with van der Waals surface area (Å²) < 4.78 is 45.3. The van der Waals surface area contributed by atoms with Crippen molar-refractivity contribution in [1.82, 2.24) is 9.13 Å². The van der Waals surface area contributed by atoms with Gasteiger partial charge in [-0.25, -0.2) is 4.79 Å². The third-order valence-corrected chi connectivity index (χ3v) is 4.56. The summed E-state index contributed by atoms with van der Waals surface area (Å²) in [6.07, 6.45) is -4.49. The molecular weight excluding hydrogens is 407 g/mol. The molecular formula is C19H16F3N3O5. The van der Waals surface area contributed by atoms with E-state index in [-0.39, 0.29) is 36.3 Å². The van der Waals surface area contributed by atoms with Gasteiger partial charge in [-0.15, -0.1) is 0 Å². The number of methoxy groups -OCH3 is 1. The molecule has 0 bridgehead atoms.